The second kappa shape index (κ2) is 8.91. The SMILES string of the molecule is O=C(CCSc1nc(C2CC2)n(-c2ccccc2)n1)NC(=O)Nc1ccc2c(c1)OCO2. The lowest BCUT2D eigenvalue weighted by Crippen LogP contribution is -2.34. The summed E-state index contributed by atoms with van der Waals surface area (Å²) in [4.78, 5) is 28.9. The van der Waals surface area contributed by atoms with Crippen LogP contribution in [0, 0.1) is 0 Å². The molecule has 0 atom stereocenters. The van der Waals surface area contributed by atoms with Crippen LogP contribution in [-0.4, -0.2) is 39.2 Å². The van der Waals surface area contributed by atoms with E-state index in [0.29, 0.717) is 34.0 Å². The molecule has 0 radical (unpaired) electrons. The number of ether oxygens (including phenoxy) is 2. The maximum Gasteiger partial charge on any atom is 0.325 e. The number of amides is 3. The fraction of sp³-hybridized carbons (Fsp3) is 0.273. The zero-order valence-corrected chi connectivity index (χ0v) is 17.9. The summed E-state index contributed by atoms with van der Waals surface area (Å²) in [7, 11) is 0. The third-order valence-corrected chi connectivity index (χ3v) is 5.84. The van der Waals surface area contributed by atoms with Crippen LogP contribution in [0.4, 0.5) is 10.5 Å². The van der Waals surface area contributed by atoms with Gasteiger partial charge in [-0.1, -0.05) is 30.0 Å². The molecule has 1 saturated carbocycles. The van der Waals surface area contributed by atoms with E-state index >= 15 is 0 Å². The van der Waals surface area contributed by atoms with Crippen molar-refractivity contribution < 1.29 is 19.1 Å². The Labute approximate surface area is 188 Å². The maximum atomic E-state index is 12.2. The summed E-state index contributed by atoms with van der Waals surface area (Å²) in [5.41, 5.74) is 1.49. The van der Waals surface area contributed by atoms with Gasteiger partial charge in [-0.05, 0) is 37.1 Å². The van der Waals surface area contributed by atoms with Crippen LogP contribution < -0.4 is 20.1 Å². The monoisotopic (exact) mass is 451 g/mol. The van der Waals surface area contributed by atoms with Gasteiger partial charge in [-0.3, -0.25) is 10.1 Å². The van der Waals surface area contributed by atoms with Crippen molar-refractivity contribution in [2.24, 2.45) is 0 Å². The first-order chi connectivity index (χ1) is 15.7. The van der Waals surface area contributed by atoms with E-state index in [1.54, 1.807) is 18.2 Å². The van der Waals surface area contributed by atoms with Gasteiger partial charge in [0.1, 0.15) is 5.82 Å². The average molecular weight is 452 g/mol. The van der Waals surface area contributed by atoms with E-state index in [-0.39, 0.29) is 19.1 Å². The van der Waals surface area contributed by atoms with Crippen LogP contribution in [0.5, 0.6) is 11.5 Å². The van der Waals surface area contributed by atoms with Gasteiger partial charge in [0.25, 0.3) is 0 Å². The van der Waals surface area contributed by atoms with Crippen LogP contribution in [0.1, 0.15) is 31.0 Å². The number of urea groups is 1. The second-order valence-corrected chi connectivity index (χ2v) is 8.51. The highest BCUT2D eigenvalue weighted by atomic mass is 32.2. The van der Waals surface area contributed by atoms with Crippen molar-refractivity contribution in [1.29, 1.82) is 0 Å². The Morgan fingerprint density at radius 3 is 2.72 bits per heavy atom. The van der Waals surface area contributed by atoms with Crippen molar-refractivity contribution >= 4 is 29.4 Å². The molecule has 3 aromatic rings. The molecule has 9 nitrogen and oxygen atoms in total. The van der Waals surface area contributed by atoms with Gasteiger partial charge in [-0.15, -0.1) is 5.10 Å². The van der Waals surface area contributed by atoms with Crippen LogP contribution >= 0.6 is 11.8 Å². The minimum atomic E-state index is -0.596. The number of nitrogens with one attached hydrogen (secondary N) is 2. The van der Waals surface area contributed by atoms with Gasteiger partial charge in [0.05, 0.1) is 5.69 Å². The summed E-state index contributed by atoms with van der Waals surface area (Å²) in [5, 5.41) is 10.2. The van der Waals surface area contributed by atoms with E-state index in [1.807, 2.05) is 35.0 Å². The summed E-state index contributed by atoms with van der Waals surface area (Å²) >= 11 is 1.40. The quantitative estimate of drug-likeness (QED) is 0.527. The molecule has 2 aromatic carbocycles. The van der Waals surface area contributed by atoms with Crippen molar-refractivity contribution in [1.82, 2.24) is 20.1 Å². The summed E-state index contributed by atoms with van der Waals surface area (Å²) in [5.74, 6) is 2.68. The number of hydrogen-bond acceptors (Lipinski definition) is 7. The number of thioether (sulfide) groups is 1. The number of fused-ring (bicyclic) bond motifs is 1. The number of aromatic nitrogens is 3. The normalized spacial score (nSPS) is 14.2. The number of hydrogen-bond donors (Lipinski definition) is 2. The predicted octanol–water partition coefficient (Wildman–Crippen LogP) is 3.70. The molecule has 0 unspecified atom stereocenters. The van der Waals surface area contributed by atoms with E-state index in [0.717, 1.165) is 24.4 Å². The number of carbonyl (C=O) groups excluding carboxylic acids is 2. The van der Waals surface area contributed by atoms with Gasteiger partial charge in [-0.25, -0.2) is 14.5 Å². The van der Waals surface area contributed by atoms with Crippen molar-refractivity contribution in [2.45, 2.75) is 30.3 Å². The highest BCUT2D eigenvalue weighted by Crippen LogP contribution is 2.40. The predicted molar refractivity (Wildman–Crippen MR) is 118 cm³/mol. The number of benzene rings is 2. The van der Waals surface area contributed by atoms with Crippen LogP contribution in [-0.2, 0) is 4.79 Å². The van der Waals surface area contributed by atoms with E-state index in [2.05, 4.69) is 20.7 Å². The van der Waals surface area contributed by atoms with Gasteiger partial charge in [0.15, 0.2) is 11.5 Å². The van der Waals surface area contributed by atoms with Crippen LogP contribution in [0.2, 0.25) is 0 Å². The van der Waals surface area contributed by atoms with Crippen molar-refractivity contribution in [3.8, 4) is 17.2 Å². The molecule has 2 heterocycles. The minimum Gasteiger partial charge on any atom is -0.454 e. The van der Waals surface area contributed by atoms with Gasteiger partial charge < -0.3 is 14.8 Å². The molecule has 0 bridgehead atoms. The molecular formula is C22H21N5O4S. The Bertz CT molecular complexity index is 1150. The van der Waals surface area contributed by atoms with Crippen molar-refractivity contribution in [3.63, 3.8) is 0 Å². The fourth-order valence-electron chi connectivity index (χ4n) is 3.29. The maximum absolute atomic E-state index is 12.2. The third kappa shape index (κ3) is 4.70. The Kier molecular flexibility index (Phi) is 5.68. The van der Waals surface area contributed by atoms with Gasteiger partial charge in [0, 0.05) is 29.8 Å². The second-order valence-electron chi connectivity index (χ2n) is 7.44. The lowest BCUT2D eigenvalue weighted by atomic mass is 10.3. The lowest BCUT2D eigenvalue weighted by molar-refractivity contribution is -0.119. The third-order valence-electron chi connectivity index (χ3n) is 5.00. The number of imide groups is 1. The minimum absolute atomic E-state index is 0.154. The Morgan fingerprint density at radius 1 is 1.09 bits per heavy atom. The zero-order chi connectivity index (χ0) is 21.9. The molecule has 10 heteroatoms. The Hall–Kier alpha value is -3.53. The number of anilines is 1. The molecule has 2 N–H and O–H groups in total. The molecule has 164 valence electrons. The number of rotatable bonds is 7. The standard InChI is InChI=1S/C22H21N5O4S/c28-19(24-21(29)23-15-8-9-17-18(12-15)31-13-30-17)10-11-32-22-25-20(14-6-7-14)27(26-22)16-4-2-1-3-5-16/h1-5,8-9,12,14H,6-7,10-11,13H2,(H2,23,24,28,29). The van der Waals surface area contributed by atoms with Gasteiger partial charge >= 0.3 is 6.03 Å². The molecule has 1 aliphatic carbocycles. The number of para-hydroxylation sites is 1. The molecule has 5 rings (SSSR count). The average Bonchev–Trinajstić information content (AvgIpc) is 3.37. The molecular weight excluding hydrogens is 430 g/mol. The van der Waals surface area contributed by atoms with Gasteiger partial charge in [-0.2, -0.15) is 0 Å². The Morgan fingerprint density at radius 2 is 1.91 bits per heavy atom. The molecule has 1 aromatic heterocycles. The molecule has 32 heavy (non-hydrogen) atoms. The molecule has 1 aliphatic heterocycles. The zero-order valence-electron chi connectivity index (χ0n) is 17.1. The van der Waals surface area contributed by atoms with Crippen LogP contribution in [0.3, 0.4) is 0 Å². The Balaban J connectivity index is 1.12. The van der Waals surface area contributed by atoms with E-state index < -0.39 is 6.03 Å². The van der Waals surface area contributed by atoms with Gasteiger partial charge in [0.2, 0.25) is 17.9 Å². The molecule has 0 spiro atoms. The number of carbonyl (C=O) groups is 2. The van der Waals surface area contributed by atoms with Crippen molar-refractivity contribution in [3.05, 3.63) is 54.4 Å². The highest BCUT2D eigenvalue weighted by molar-refractivity contribution is 7.99. The smallest absolute Gasteiger partial charge is 0.325 e. The molecule has 3 amide bonds. The first-order valence-electron chi connectivity index (χ1n) is 10.3. The summed E-state index contributed by atoms with van der Waals surface area (Å²) in [6, 6.07) is 14.3. The largest absolute Gasteiger partial charge is 0.454 e. The highest BCUT2D eigenvalue weighted by Gasteiger charge is 2.30. The summed E-state index contributed by atoms with van der Waals surface area (Å²) in [6.07, 6.45) is 2.41. The first-order valence-corrected chi connectivity index (χ1v) is 11.3. The van der Waals surface area contributed by atoms with E-state index in [9.17, 15) is 9.59 Å². The van der Waals surface area contributed by atoms with E-state index in [4.69, 9.17) is 9.47 Å². The van der Waals surface area contributed by atoms with Crippen molar-refractivity contribution in [2.75, 3.05) is 17.9 Å². The molecule has 1 fully saturated rings. The fourth-order valence-corrected chi connectivity index (χ4v) is 4.06. The van der Waals surface area contributed by atoms with E-state index in [1.165, 1.54) is 11.8 Å². The topological polar surface area (TPSA) is 107 Å². The summed E-state index contributed by atoms with van der Waals surface area (Å²) < 4.78 is 12.4. The lowest BCUT2D eigenvalue weighted by Gasteiger charge is -2.07. The first kappa shape index (κ1) is 20.4. The van der Waals surface area contributed by atoms with Crippen LogP contribution in [0.15, 0.2) is 53.7 Å². The molecule has 0 saturated heterocycles. The van der Waals surface area contributed by atoms with Crippen LogP contribution in [0.25, 0.3) is 5.69 Å². The summed E-state index contributed by atoms with van der Waals surface area (Å²) in [6.45, 7) is 0.154. The number of nitrogens with zero attached hydrogens (tertiary/aromatic N) is 3. The molecule has 2 aliphatic rings.